The van der Waals surface area contributed by atoms with Crippen molar-refractivity contribution in [2.75, 3.05) is 26.6 Å². The van der Waals surface area contributed by atoms with Gasteiger partial charge in [-0.05, 0) is 36.4 Å². The highest BCUT2D eigenvalue weighted by molar-refractivity contribution is 8.15. The maximum atomic E-state index is 12.7. The van der Waals surface area contributed by atoms with Gasteiger partial charge in [-0.1, -0.05) is 23.9 Å². The topological polar surface area (TPSA) is 80.2 Å². The van der Waals surface area contributed by atoms with E-state index in [0.29, 0.717) is 28.0 Å². The second kappa shape index (κ2) is 8.79. The Morgan fingerprint density at radius 3 is 2.54 bits per heavy atom. The van der Waals surface area contributed by atoms with E-state index in [0.717, 1.165) is 0 Å². The normalized spacial score (nSPS) is 18.1. The number of rotatable bonds is 5. The molecular formula is C20H21N3O4S. The Morgan fingerprint density at radius 2 is 1.86 bits per heavy atom. The summed E-state index contributed by atoms with van der Waals surface area (Å²) in [7, 11) is 4.80. The van der Waals surface area contributed by atoms with Gasteiger partial charge in [0.15, 0.2) is 5.17 Å². The molecule has 1 aliphatic rings. The summed E-state index contributed by atoms with van der Waals surface area (Å²) >= 11 is 1.26. The van der Waals surface area contributed by atoms with Gasteiger partial charge < -0.3 is 14.8 Å². The molecule has 0 aliphatic carbocycles. The first-order chi connectivity index (χ1) is 13.5. The van der Waals surface area contributed by atoms with E-state index in [1.807, 2.05) is 12.1 Å². The number of anilines is 1. The molecule has 1 fully saturated rings. The first-order valence-corrected chi connectivity index (χ1v) is 9.49. The lowest BCUT2D eigenvalue weighted by atomic mass is 10.2. The summed E-state index contributed by atoms with van der Waals surface area (Å²) in [5, 5.41) is 2.72. The highest BCUT2D eigenvalue weighted by atomic mass is 32.2. The van der Waals surface area contributed by atoms with Crippen molar-refractivity contribution in [3.8, 4) is 11.5 Å². The van der Waals surface area contributed by atoms with Gasteiger partial charge in [0.05, 0.1) is 14.2 Å². The number of aliphatic imine (C=N–C) groups is 1. The molecule has 1 saturated heterocycles. The molecule has 1 heterocycles. The lowest BCUT2D eigenvalue weighted by Gasteiger charge is -2.29. The largest absolute Gasteiger partial charge is 0.497 e. The molecule has 0 radical (unpaired) electrons. The number of nitrogens with one attached hydrogen (secondary N) is 1. The molecule has 2 aromatic carbocycles. The van der Waals surface area contributed by atoms with Crippen LogP contribution in [0.25, 0.3) is 0 Å². The molecule has 7 nitrogen and oxygen atoms in total. The molecule has 2 aromatic rings. The molecule has 3 rings (SSSR count). The molecule has 1 atom stereocenters. The number of carbonyl (C=O) groups excluding carboxylic acids is 2. The number of hydrogen-bond acceptors (Lipinski definition) is 6. The zero-order valence-corrected chi connectivity index (χ0v) is 16.7. The van der Waals surface area contributed by atoms with Crippen molar-refractivity contribution in [1.82, 2.24) is 4.90 Å². The van der Waals surface area contributed by atoms with Gasteiger partial charge in [0.2, 0.25) is 11.8 Å². The summed E-state index contributed by atoms with van der Waals surface area (Å²) in [4.78, 5) is 31.1. The molecule has 0 spiro atoms. The molecule has 0 bridgehead atoms. The second-order valence-corrected chi connectivity index (χ2v) is 7.22. The van der Waals surface area contributed by atoms with E-state index in [-0.39, 0.29) is 18.2 Å². The standard InChI is InChI=1S/C20H21N3O4S/c1-23-18(24)12-17(19(25)21-13-8-10-14(26-2)11-9-13)28-20(23)22-15-6-4-5-7-16(15)27-3/h4-11,17H,12H2,1-3H3,(H,21,25)/t17-/m1/s1. The third-order valence-electron chi connectivity index (χ3n) is 4.22. The van der Waals surface area contributed by atoms with Crippen LogP contribution >= 0.6 is 11.8 Å². The highest BCUT2D eigenvalue weighted by Crippen LogP contribution is 2.32. The third kappa shape index (κ3) is 4.45. The van der Waals surface area contributed by atoms with Gasteiger partial charge in [-0.2, -0.15) is 0 Å². The van der Waals surface area contributed by atoms with Crippen LogP contribution in [0.3, 0.4) is 0 Å². The Hall–Kier alpha value is -3.00. The van der Waals surface area contributed by atoms with Crippen LogP contribution in [0.5, 0.6) is 11.5 Å². The Kier molecular flexibility index (Phi) is 6.20. The van der Waals surface area contributed by atoms with Crippen molar-refractivity contribution in [2.45, 2.75) is 11.7 Å². The van der Waals surface area contributed by atoms with Gasteiger partial charge in [-0.15, -0.1) is 0 Å². The van der Waals surface area contributed by atoms with E-state index in [1.165, 1.54) is 16.7 Å². The Balaban J connectivity index is 1.78. The van der Waals surface area contributed by atoms with Crippen LogP contribution in [0.15, 0.2) is 53.5 Å². The number of hydrogen-bond donors (Lipinski definition) is 1. The summed E-state index contributed by atoms with van der Waals surface area (Å²) in [6.07, 6.45) is 0.105. The van der Waals surface area contributed by atoms with Crippen LogP contribution in [-0.2, 0) is 9.59 Å². The van der Waals surface area contributed by atoms with Crippen molar-refractivity contribution in [2.24, 2.45) is 4.99 Å². The number of ether oxygens (including phenoxy) is 2. The molecule has 28 heavy (non-hydrogen) atoms. The number of thioether (sulfide) groups is 1. The van der Waals surface area contributed by atoms with Gasteiger partial charge in [0.25, 0.3) is 0 Å². The van der Waals surface area contributed by atoms with E-state index >= 15 is 0 Å². The molecule has 1 N–H and O–H groups in total. The lowest BCUT2D eigenvalue weighted by molar-refractivity contribution is -0.128. The molecule has 0 unspecified atom stereocenters. The quantitative estimate of drug-likeness (QED) is 0.835. The number of amides is 2. The van der Waals surface area contributed by atoms with Crippen molar-refractivity contribution in [3.05, 3.63) is 48.5 Å². The summed E-state index contributed by atoms with van der Waals surface area (Å²) in [6.45, 7) is 0. The molecule has 146 valence electrons. The molecule has 0 saturated carbocycles. The van der Waals surface area contributed by atoms with Gasteiger partial charge in [0, 0.05) is 19.2 Å². The number of nitrogens with zero attached hydrogens (tertiary/aromatic N) is 2. The van der Waals surface area contributed by atoms with Gasteiger partial charge in [0.1, 0.15) is 22.4 Å². The minimum Gasteiger partial charge on any atom is -0.497 e. The average molecular weight is 399 g/mol. The molecular weight excluding hydrogens is 378 g/mol. The summed E-state index contributed by atoms with van der Waals surface area (Å²) in [6, 6.07) is 14.3. The Morgan fingerprint density at radius 1 is 1.14 bits per heavy atom. The fourth-order valence-electron chi connectivity index (χ4n) is 2.62. The number of methoxy groups -OCH3 is 2. The smallest absolute Gasteiger partial charge is 0.238 e. The molecule has 0 aromatic heterocycles. The fourth-order valence-corrected chi connectivity index (χ4v) is 3.68. The highest BCUT2D eigenvalue weighted by Gasteiger charge is 2.34. The fraction of sp³-hybridized carbons (Fsp3) is 0.250. The van der Waals surface area contributed by atoms with Crippen molar-refractivity contribution in [1.29, 1.82) is 0 Å². The summed E-state index contributed by atoms with van der Waals surface area (Å²) in [5.41, 5.74) is 1.24. The van der Waals surface area contributed by atoms with Crippen LogP contribution in [0.1, 0.15) is 6.42 Å². The van der Waals surface area contributed by atoms with E-state index in [4.69, 9.17) is 9.47 Å². The van der Waals surface area contributed by atoms with Crippen molar-refractivity contribution < 1.29 is 19.1 Å². The second-order valence-electron chi connectivity index (χ2n) is 6.05. The van der Waals surface area contributed by atoms with Crippen LogP contribution < -0.4 is 14.8 Å². The molecule has 2 amide bonds. The van der Waals surface area contributed by atoms with E-state index in [1.54, 1.807) is 57.7 Å². The predicted molar refractivity (Wildman–Crippen MR) is 110 cm³/mol. The van der Waals surface area contributed by atoms with Crippen molar-refractivity contribution >= 4 is 40.1 Å². The molecule has 8 heteroatoms. The van der Waals surface area contributed by atoms with Crippen LogP contribution in [-0.4, -0.2) is 48.4 Å². The van der Waals surface area contributed by atoms with E-state index in [2.05, 4.69) is 10.3 Å². The van der Waals surface area contributed by atoms with Crippen LogP contribution in [0.2, 0.25) is 0 Å². The van der Waals surface area contributed by atoms with E-state index in [9.17, 15) is 9.59 Å². The van der Waals surface area contributed by atoms with Gasteiger partial charge in [-0.3, -0.25) is 14.5 Å². The minimum absolute atomic E-state index is 0.105. The van der Waals surface area contributed by atoms with Crippen molar-refractivity contribution in [3.63, 3.8) is 0 Å². The minimum atomic E-state index is -0.570. The lowest BCUT2D eigenvalue weighted by Crippen LogP contribution is -2.43. The van der Waals surface area contributed by atoms with Gasteiger partial charge in [-0.25, -0.2) is 4.99 Å². The average Bonchev–Trinajstić information content (AvgIpc) is 2.72. The number of amidine groups is 1. The SMILES string of the molecule is COc1ccc(NC(=O)[C@H]2CC(=O)N(C)C(=Nc3ccccc3OC)S2)cc1. The van der Waals surface area contributed by atoms with Crippen LogP contribution in [0.4, 0.5) is 11.4 Å². The van der Waals surface area contributed by atoms with Crippen LogP contribution in [0, 0.1) is 0 Å². The van der Waals surface area contributed by atoms with E-state index < -0.39 is 5.25 Å². The first kappa shape index (κ1) is 19.8. The zero-order valence-electron chi connectivity index (χ0n) is 15.8. The maximum absolute atomic E-state index is 12.7. The third-order valence-corrected chi connectivity index (χ3v) is 5.46. The maximum Gasteiger partial charge on any atom is 0.238 e. The first-order valence-electron chi connectivity index (χ1n) is 8.61. The monoisotopic (exact) mass is 399 g/mol. The Labute approximate surface area is 167 Å². The molecule has 1 aliphatic heterocycles. The summed E-state index contributed by atoms with van der Waals surface area (Å²) < 4.78 is 10.4. The Bertz CT molecular complexity index is 899. The zero-order chi connectivity index (χ0) is 20.1. The number of carbonyl (C=O) groups is 2. The number of para-hydroxylation sites is 2. The predicted octanol–water partition coefficient (Wildman–Crippen LogP) is 3.29. The summed E-state index contributed by atoms with van der Waals surface area (Å²) in [5.74, 6) is 0.890. The van der Waals surface area contributed by atoms with Gasteiger partial charge >= 0.3 is 0 Å². The number of benzene rings is 2.